The fourth-order valence-electron chi connectivity index (χ4n) is 1.82. The van der Waals surface area contributed by atoms with Crippen LogP contribution in [0.5, 0.6) is 11.5 Å². The van der Waals surface area contributed by atoms with E-state index in [4.69, 9.17) is 9.47 Å². The van der Waals surface area contributed by atoms with Crippen molar-refractivity contribution in [3.05, 3.63) is 42.4 Å². The summed E-state index contributed by atoms with van der Waals surface area (Å²) < 4.78 is 10.6. The SMILES string of the molecule is C=C1NC=C(c2ccc3c(c2)OCO3)N1C. The van der Waals surface area contributed by atoms with Crippen molar-refractivity contribution in [1.29, 1.82) is 0 Å². The molecule has 0 fully saturated rings. The zero-order valence-corrected chi connectivity index (χ0v) is 8.99. The maximum Gasteiger partial charge on any atom is 0.231 e. The molecule has 0 unspecified atom stereocenters. The average molecular weight is 216 g/mol. The summed E-state index contributed by atoms with van der Waals surface area (Å²) in [5, 5.41) is 3.08. The molecule has 2 aliphatic heterocycles. The van der Waals surface area contributed by atoms with Gasteiger partial charge in [0.2, 0.25) is 6.79 Å². The summed E-state index contributed by atoms with van der Waals surface area (Å²) in [5.74, 6) is 2.47. The van der Waals surface area contributed by atoms with Gasteiger partial charge in [-0.2, -0.15) is 0 Å². The highest BCUT2D eigenvalue weighted by molar-refractivity contribution is 5.70. The van der Waals surface area contributed by atoms with Crippen molar-refractivity contribution < 1.29 is 9.47 Å². The van der Waals surface area contributed by atoms with Crippen molar-refractivity contribution in [2.45, 2.75) is 0 Å². The molecule has 4 heteroatoms. The van der Waals surface area contributed by atoms with Crippen molar-refractivity contribution >= 4 is 5.70 Å². The molecule has 0 saturated heterocycles. The summed E-state index contributed by atoms with van der Waals surface area (Å²) in [4.78, 5) is 2.00. The zero-order chi connectivity index (χ0) is 11.1. The number of nitrogens with one attached hydrogen (secondary N) is 1. The predicted octanol–water partition coefficient (Wildman–Crippen LogP) is 1.72. The first-order valence-corrected chi connectivity index (χ1v) is 5.05. The lowest BCUT2D eigenvalue weighted by Crippen LogP contribution is -2.14. The normalized spacial score (nSPS) is 17.4. The van der Waals surface area contributed by atoms with Gasteiger partial charge in [0, 0.05) is 18.8 Å². The molecule has 1 aromatic carbocycles. The van der Waals surface area contributed by atoms with Crippen LogP contribution in [0.4, 0.5) is 0 Å². The third-order valence-corrected chi connectivity index (χ3v) is 2.81. The quantitative estimate of drug-likeness (QED) is 0.775. The topological polar surface area (TPSA) is 33.7 Å². The van der Waals surface area contributed by atoms with E-state index < -0.39 is 0 Å². The lowest BCUT2D eigenvalue weighted by atomic mass is 10.1. The second-order valence-electron chi connectivity index (χ2n) is 3.75. The molecule has 82 valence electrons. The Hall–Kier alpha value is -2.10. The van der Waals surface area contributed by atoms with E-state index in [-0.39, 0.29) is 0 Å². The Morgan fingerprint density at radius 1 is 1.31 bits per heavy atom. The summed E-state index contributed by atoms with van der Waals surface area (Å²) in [5.41, 5.74) is 2.15. The van der Waals surface area contributed by atoms with Gasteiger partial charge in [0.15, 0.2) is 11.5 Å². The van der Waals surface area contributed by atoms with Gasteiger partial charge in [0.25, 0.3) is 0 Å². The Morgan fingerprint density at radius 2 is 2.12 bits per heavy atom. The molecule has 0 aliphatic carbocycles. The number of hydrogen-bond donors (Lipinski definition) is 1. The van der Waals surface area contributed by atoms with Crippen molar-refractivity contribution in [3.63, 3.8) is 0 Å². The number of rotatable bonds is 1. The van der Waals surface area contributed by atoms with Crippen LogP contribution in [-0.2, 0) is 0 Å². The molecule has 2 heterocycles. The molecule has 0 amide bonds. The molecule has 0 bridgehead atoms. The molecule has 0 saturated carbocycles. The molecule has 0 aromatic heterocycles. The molecule has 1 aromatic rings. The van der Waals surface area contributed by atoms with Crippen molar-refractivity contribution in [1.82, 2.24) is 10.2 Å². The van der Waals surface area contributed by atoms with E-state index in [0.717, 1.165) is 28.6 Å². The Morgan fingerprint density at radius 3 is 2.88 bits per heavy atom. The standard InChI is InChI=1S/C12H12N2O2/c1-8-13-6-10(14(8)2)9-3-4-11-12(5-9)16-7-15-11/h3-6,13H,1,7H2,2H3. The van der Waals surface area contributed by atoms with Gasteiger partial charge in [-0.3, -0.25) is 0 Å². The minimum atomic E-state index is 0.304. The fourth-order valence-corrected chi connectivity index (χ4v) is 1.82. The van der Waals surface area contributed by atoms with E-state index in [2.05, 4.69) is 11.9 Å². The monoisotopic (exact) mass is 216 g/mol. The van der Waals surface area contributed by atoms with Crippen LogP contribution in [-0.4, -0.2) is 18.7 Å². The molecule has 3 rings (SSSR count). The van der Waals surface area contributed by atoms with Crippen LogP contribution < -0.4 is 14.8 Å². The molecule has 16 heavy (non-hydrogen) atoms. The van der Waals surface area contributed by atoms with Crippen LogP contribution in [0.2, 0.25) is 0 Å². The second kappa shape index (κ2) is 3.20. The van der Waals surface area contributed by atoms with Gasteiger partial charge in [-0.25, -0.2) is 0 Å². The van der Waals surface area contributed by atoms with Crippen LogP contribution in [0.3, 0.4) is 0 Å². The van der Waals surface area contributed by atoms with Gasteiger partial charge >= 0.3 is 0 Å². The predicted molar refractivity (Wildman–Crippen MR) is 60.6 cm³/mol. The van der Waals surface area contributed by atoms with Crippen molar-refractivity contribution in [3.8, 4) is 11.5 Å². The van der Waals surface area contributed by atoms with E-state index in [9.17, 15) is 0 Å². The Balaban J connectivity index is 1.99. The van der Waals surface area contributed by atoms with E-state index in [1.165, 1.54) is 0 Å². The van der Waals surface area contributed by atoms with Gasteiger partial charge in [0.05, 0.1) is 5.70 Å². The zero-order valence-electron chi connectivity index (χ0n) is 8.99. The molecule has 0 atom stereocenters. The third kappa shape index (κ3) is 1.23. The first-order valence-electron chi connectivity index (χ1n) is 5.05. The molecule has 2 aliphatic rings. The number of benzene rings is 1. The van der Waals surface area contributed by atoms with Crippen molar-refractivity contribution in [2.24, 2.45) is 0 Å². The van der Waals surface area contributed by atoms with E-state index in [0.29, 0.717) is 6.79 Å². The molecular weight excluding hydrogens is 204 g/mol. The van der Waals surface area contributed by atoms with Crippen LogP contribution in [0.15, 0.2) is 36.8 Å². The van der Waals surface area contributed by atoms with Gasteiger partial charge in [0.1, 0.15) is 5.82 Å². The average Bonchev–Trinajstić information content (AvgIpc) is 2.86. The number of hydrogen-bond acceptors (Lipinski definition) is 4. The van der Waals surface area contributed by atoms with Crippen LogP contribution in [0.1, 0.15) is 5.56 Å². The van der Waals surface area contributed by atoms with Gasteiger partial charge in [-0.05, 0) is 18.2 Å². The lowest BCUT2D eigenvalue weighted by molar-refractivity contribution is 0.174. The molecular formula is C12H12N2O2. The molecule has 0 radical (unpaired) electrons. The number of ether oxygens (including phenoxy) is 2. The first-order chi connectivity index (χ1) is 7.75. The summed E-state index contributed by atoms with van der Waals surface area (Å²) in [6.07, 6.45) is 1.93. The summed E-state index contributed by atoms with van der Waals surface area (Å²) in [6, 6.07) is 5.91. The Bertz CT molecular complexity index is 494. The van der Waals surface area contributed by atoms with E-state index in [1.54, 1.807) is 0 Å². The highest BCUT2D eigenvalue weighted by Crippen LogP contribution is 2.35. The summed E-state index contributed by atoms with van der Waals surface area (Å²) in [7, 11) is 1.97. The molecule has 0 spiro atoms. The van der Waals surface area contributed by atoms with Gasteiger partial charge in [-0.1, -0.05) is 6.58 Å². The largest absolute Gasteiger partial charge is 0.454 e. The highest BCUT2D eigenvalue weighted by atomic mass is 16.7. The second-order valence-corrected chi connectivity index (χ2v) is 3.75. The van der Waals surface area contributed by atoms with E-state index in [1.807, 2.05) is 36.3 Å². The van der Waals surface area contributed by atoms with Crippen LogP contribution in [0, 0.1) is 0 Å². The lowest BCUT2D eigenvalue weighted by Gasteiger charge is -2.16. The Labute approximate surface area is 93.8 Å². The van der Waals surface area contributed by atoms with Crippen LogP contribution in [0.25, 0.3) is 5.70 Å². The van der Waals surface area contributed by atoms with Gasteiger partial charge in [-0.15, -0.1) is 0 Å². The number of fused-ring (bicyclic) bond motifs is 1. The summed E-state index contributed by atoms with van der Waals surface area (Å²) in [6.45, 7) is 4.19. The van der Waals surface area contributed by atoms with Crippen molar-refractivity contribution in [2.75, 3.05) is 13.8 Å². The number of nitrogens with zero attached hydrogens (tertiary/aromatic N) is 1. The molecule has 1 N–H and O–H groups in total. The van der Waals surface area contributed by atoms with E-state index >= 15 is 0 Å². The highest BCUT2D eigenvalue weighted by Gasteiger charge is 2.19. The minimum absolute atomic E-state index is 0.304. The first kappa shape index (κ1) is 9.15. The minimum Gasteiger partial charge on any atom is -0.454 e. The maximum atomic E-state index is 5.35. The van der Waals surface area contributed by atoms with Crippen LogP contribution >= 0.6 is 0 Å². The maximum absolute atomic E-state index is 5.35. The fraction of sp³-hybridized carbons (Fsp3) is 0.167. The smallest absolute Gasteiger partial charge is 0.231 e. The molecule has 4 nitrogen and oxygen atoms in total. The van der Waals surface area contributed by atoms with Gasteiger partial charge < -0.3 is 19.7 Å². The third-order valence-electron chi connectivity index (χ3n) is 2.81. The summed E-state index contributed by atoms with van der Waals surface area (Å²) >= 11 is 0. The Kier molecular flexibility index (Phi) is 1.83.